The molecule has 4 rings (SSSR count). The molecular weight excluding hydrogens is 454 g/mol. The summed E-state index contributed by atoms with van der Waals surface area (Å²) in [5.74, 6) is -0.108. The van der Waals surface area contributed by atoms with Crippen LogP contribution in [0.5, 0.6) is 11.5 Å². The van der Waals surface area contributed by atoms with Gasteiger partial charge in [-0.3, -0.25) is 0 Å². The highest BCUT2D eigenvalue weighted by atomic mass is 35.5. The zero-order chi connectivity index (χ0) is 22.7. The molecule has 0 saturated carbocycles. The van der Waals surface area contributed by atoms with Crippen molar-refractivity contribution in [1.29, 1.82) is 5.26 Å². The van der Waals surface area contributed by atoms with Gasteiger partial charge in [-0.05, 0) is 42.5 Å². The molecule has 0 spiro atoms. The second kappa shape index (κ2) is 9.27. The van der Waals surface area contributed by atoms with E-state index in [1.807, 2.05) is 37.4 Å². The van der Waals surface area contributed by atoms with Crippen LogP contribution >= 0.6 is 23.2 Å². The zero-order valence-corrected chi connectivity index (χ0v) is 18.2. The molecule has 6 nitrogen and oxygen atoms in total. The van der Waals surface area contributed by atoms with E-state index in [0.717, 1.165) is 11.3 Å². The van der Waals surface area contributed by atoms with Crippen molar-refractivity contribution in [1.82, 2.24) is 10.2 Å². The summed E-state index contributed by atoms with van der Waals surface area (Å²) >= 11 is 12.2. The van der Waals surface area contributed by atoms with Gasteiger partial charge in [0.05, 0.1) is 23.1 Å². The Morgan fingerprint density at radius 2 is 1.97 bits per heavy atom. The molecule has 0 fully saturated rings. The number of halogens is 3. The third-order valence-corrected chi connectivity index (χ3v) is 5.07. The number of aromatic nitrogens is 2. The van der Waals surface area contributed by atoms with Crippen LogP contribution in [0.25, 0.3) is 11.5 Å². The SMILES string of the molecule is CNc1cccc(-c2nnc(Cc3ccc(Cl)c(Oc4cc(Cl)cc(C#N)c4)c3F)o2)c1. The van der Waals surface area contributed by atoms with Gasteiger partial charge in [-0.15, -0.1) is 10.2 Å². The highest BCUT2D eigenvalue weighted by molar-refractivity contribution is 6.32. The van der Waals surface area contributed by atoms with E-state index in [-0.39, 0.29) is 45.0 Å². The Bertz CT molecular complexity index is 1330. The lowest BCUT2D eigenvalue weighted by atomic mass is 10.1. The van der Waals surface area contributed by atoms with Gasteiger partial charge >= 0.3 is 0 Å². The third kappa shape index (κ3) is 4.67. The van der Waals surface area contributed by atoms with E-state index in [1.165, 1.54) is 30.3 Å². The maximum atomic E-state index is 15.2. The van der Waals surface area contributed by atoms with E-state index in [1.54, 1.807) is 0 Å². The molecule has 3 aromatic carbocycles. The number of anilines is 1. The van der Waals surface area contributed by atoms with Gasteiger partial charge in [-0.2, -0.15) is 5.26 Å². The highest BCUT2D eigenvalue weighted by Crippen LogP contribution is 2.36. The minimum atomic E-state index is -0.673. The van der Waals surface area contributed by atoms with Gasteiger partial charge < -0.3 is 14.5 Å². The van der Waals surface area contributed by atoms with E-state index in [9.17, 15) is 0 Å². The fourth-order valence-electron chi connectivity index (χ4n) is 3.02. The summed E-state index contributed by atoms with van der Waals surface area (Å²) in [5, 5.41) is 20.6. The number of ether oxygens (including phenoxy) is 1. The predicted octanol–water partition coefficient (Wildman–Crippen LogP) is 6.48. The van der Waals surface area contributed by atoms with Gasteiger partial charge in [-0.25, -0.2) is 4.39 Å². The van der Waals surface area contributed by atoms with E-state index < -0.39 is 5.82 Å². The molecule has 0 amide bonds. The van der Waals surface area contributed by atoms with Crippen LogP contribution in [0.1, 0.15) is 17.0 Å². The number of nitrogens with zero attached hydrogens (tertiary/aromatic N) is 3. The topological polar surface area (TPSA) is 84.0 Å². The Hall–Kier alpha value is -3.60. The average Bonchev–Trinajstić information content (AvgIpc) is 3.27. The summed E-state index contributed by atoms with van der Waals surface area (Å²) < 4.78 is 26.6. The van der Waals surface area contributed by atoms with Crippen LogP contribution in [0.2, 0.25) is 10.0 Å². The molecule has 160 valence electrons. The predicted molar refractivity (Wildman–Crippen MR) is 120 cm³/mol. The van der Waals surface area contributed by atoms with Crippen LogP contribution in [0.3, 0.4) is 0 Å². The minimum absolute atomic E-state index is 0.0388. The van der Waals surface area contributed by atoms with Crippen LogP contribution < -0.4 is 10.1 Å². The van der Waals surface area contributed by atoms with Crippen molar-refractivity contribution in [3.05, 3.63) is 87.5 Å². The van der Waals surface area contributed by atoms with Crippen molar-refractivity contribution in [3.63, 3.8) is 0 Å². The second-order valence-corrected chi connectivity index (χ2v) is 7.59. The van der Waals surface area contributed by atoms with Crippen molar-refractivity contribution in [2.24, 2.45) is 0 Å². The molecule has 4 aromatic rings. The van der Waals surface area contributed by atoms with Gasteiger partial charge in [0.25, 0.3) is 0 Å². The lowest BCUT2D eigenvalue weighted by Crippen LogP contribution is -1.98. The van der Waals surface area contributed by atoms with Gasteiger partial charge in [0, 0.05) is 28.9 Å². The van der Waals surface area contributed by atoms with E-state index >= 15 is 4.39 Å². The minimum Gasteiger partial charge on any atom is -0.453 e. The first-order valence-electron chi connectivity index (χ1n) is 9.43. The fourth-order valence-corrected chi connectivity index (χ4v) is 3.43. The van der Waals surface area contributed by atoms with Crippen LogP contribution in [0.15, 0.2) is 59.0 Å². The number of rotatable bonds is 6. The Kier molecular flexibility index (Phi) is 6.26. The monoisotopic (exact) mass is 468 g/mol. The lowest BCUT2D eigenvalue weighted by Gasteiger charge is -2.11. The maximum Gasteiger partial charge on any atom is 0.247 e. The normalized spacial score (nSPS) is 10.6. The fraction of sp³-hybridized carbons (Fsp3) is 0.0870. The van der Waals surface area contributed by atoms with Gasteiger partial charge in [0.2, 0.25) is 11.8 Å². The number of hydrogen-bond donors (Lipinski definition) is 1. The molecule has 0 saturated heterocycles. The standard InChI is InChI=1S/C23H15Cl2FN4O2/c1-28-17-4-2-3-15(9-17)23-30-29-20(32-23)10-14-5-6-19(25)22(21(14)26)31-18-8-13(12-27)7-16(24)11-18/h2-9,11,28H,10H2,1H3. The Morgan fingerprint density at radius 1 is 1.12 bits per heavy atom. The molecule has 1 N–H and O–H groups in total. The van der Waals surface area contributed by atoms with Crippen LogP contribution in [0.4, 0.5) is 10.1 Å². The van der Waals surface area contributed by atoms with Gasteiger partial charge in [-0.1, -0.05) is 35.3 Å². The van der Waals surface area contributed by atoms with Crippen molar-refractivity contribution in [2.75, 3.05) is 12.4 Å². The molecule has 1 aromatic heterocycles. The molecule has 0 radical (unpaired) electrons. The lowest BCUT2D eigenvalue weighted by molar-refractivity contribution is 0.437. The molecule has 0 aliphatic heterocycles. The summed E-state index contributed by atoms with van der Waals surface area (Å²) in [5.41, 5.74) is 2.17. The summed E-state index contributed by atoms with van der Waals surface area (Å²) in [6.07, 6.45) is 0.0388. The van der Waals surface area contributed by atoms with Crippen molar-refractivity contribution >= 4 is 28.9 Å². The number of nitriles is 1. The first kappa shape index (κ1) is 21.6. The quantitative estimate of drug-likeness (QED) is 0.348. The Balaban J connectivity index is 1.60. The smallest absolute Gasteiger partial charge is 0.247 e. The third-order valence-electron chi connectivity index (χ3n) is 4.56. The highest BCUT2D eigenvalue weighted by Gasteiger charge is 2.18. The molecule has 0 bridgehead atoms. The van der Waals surface area contributed by atoms with Crippen LogP contribution in [-0.2, 0) is 6.42 Å². The Labute approximate surface area is 193 Å². The van der Waals surface area contributed by atoms with Crippen molar-refractivity contribution in [2.45, 2.75) is 6.42 Å². The molecule has 9 heteroatoms. The second-order valence-electron chi connectivity index (χ2n) is 6.75. The van der Waals surface area contributed by atoms with Crippen LogP contribution in [0, 0.1) is 17.1 Å². The molecule has 1 heterocycles. The molecule has 0 atom stereocenters. The summed E-state index contributed by atoms with van der Waals surface area (Å²) in [4.78, 5) is 0. The van der Waals surface area contributed by atoms with Crippen molar-refractivity contribution in [3.8, 4) is 29.0 Å². The van der Waals surface area contributed by atoms with Gasteiger partial charge in [0.15, 0.2) is 11.6 Å². The maximum absolute atomic E-state index is 15.2. The van der Waals surface area contributed by atoms with Crippen molar-refractivity contribution < 1.29 is 13.5 Å². The number of benzene rings is 3. The van der Waals surface area contributed by atoms with E-state index in [0.29, 0.717) is 5.89 Å². The molecule has 0 aliphatic rings. The molecule has 32 heavy (non-hydrogen) atoms. The number of hydrogen-bond acceptors (Lipinski definition) is 6. The molecule has 0 unspecified atom stereocenters. The largest absolute Gasteiger partial charge is 0.453 e. The summed E-state index contributed by atoms with van der Waals surface area (Å²) in [7, 11) is 1.81. The zero-order valence-electron chi connectivity index (χ0n) is 16.7. The Morgan fingerprint density at radius 3 is 2.75 bits per heavy atom. The summed E-state index contributed by atoms with van der Waals surface area (Å²) in [6.45, 7) is 0. The summed E-state index contributed by atoms with van der Waals surface area (Å²) in [6, 6.07) is 16.9. The number of nitrogens with one attached hydrogen (secondary N) is 1. The van der Waals surface area contributed by atoms with Crippen LogP contribution in [-0.4, -0.2) is 17.2 Å². The first-order chi connectivity index (χ1) is 15.5. The first-order valence-corrected chi connectivity index (χ1v) is 10.2. The van der Waals surface area contributed by atoms with E-state index in [2.05, 4.69) is 15.5 Å². The molecular formula is C23H15Cl2FN4O2. The van der Waals surface area contributed by atoms with Gasteiger partial charge in [0.1, 0.15) is 5.75 Å². The molecule has 0 aliphatic carbocycles. The average molecular weight is 469 g/mol. The van der Waals surface area contributed by atoms with E-state index in [4.69, 9.17) is 37.6 Å².